The van der Waals surface area contributed by atoms with Crippen molar-refractivity contribution in [3.05, 3.63) is 54.6 Å². The summed E-state index contributed by atoms with van der Waals surface area (Å²) < 4.78 is 15.1. The molecule has 0 unspecified atom stereocenters. The summed E-state index contributed by atoms with van der Waals surface area (Å²) in [6.07, 6.45) is 5.80. The number of piperazine rings is 1. The summed E-state index contributed by atoms with van der Waals surface area (Å²) in [6.45, 7) is 4.53. The van der Waals surface area contributed by atoms with Gasteiger partial charge in [-0.15, -0.1) is 10.2 Å². The first-order valence-electron chi connectivity index (χ1n) is 10.7. The molecular weight excluding hydrogens is 415 g/mol. The lowest BCUT2D eigenvalue weighted by Gasteiger charge is -2.39. The number of halogens is 1. The second-order valence-electron chi connectivity index (χ2n) is 8.03. The second-order valence-corrected chi connectivity index (χ2v) is 8.97. The van der Waals surface area contributed by atoms with Crippen molar-refractivity contribution in [3.63, 3.8) is 0 Å². The fourth-order valence-corrected chi connectivity index (χ4v) is 5.20. The highest BCUT2D eigenvalue weighted by Gasteiger charge is 2.32. The Morgan fingerprint density at radius 2 is 1.65 bits per heavy atom. The van der Waals surface area contributed by atoms with E-state index in [1.54, 1.807) is 23.5 Å². The van der Waals surface area contributed by atoms with Crippen molar-refractivity contribution < 1.29 is 9.18 Å². The van der Waals surface area contributed by atoms with Crippen molar-refractivity contribution in [2.24, 2.45) is 5.92 Å². The molecule has 2 aromatic heterocycles. The average Bonchev–Trinajstić information content (AvgIpc) is 3.52. The lowest BCUT2D eigenvalue weighted by molar-refractivity contribution is -0.136. The predicted octanol–water partition coefficient (Wildman–Crippen LogP) is 3.03. The number of aromatic nitrogens is 3. The Kier molecular flexibility index (Phi) is 5.59. The fourth-order valence-electron chi connectivity index (χ4n) is 4.35. The van der Waals surface area contributed by atoms with Gasteiger partial charge in [-0.25, -0.2) is 4.39 Å². The largest absolute Gasteiger partial charge is 0.368 e. The van der Waals surface area contributed by atoms with E-state index in [-0.39, 0.29) is 17.6 Å². The molecule has 2 saturated heterocycles. The number of carbonyl (C=O) groups is 1. The summed E-state index contributed by atoms with van der Waals surface area (Å²) in [6, 6.07) is 10.5. The number of anilines is 2. The molecule has 1 aromatic carbocycles. The van der Waals surface area contributed by atoms with E-state index in [2.05, 4.69) is 20.0 Å². The quantitative estimate of drug-likeness (QED) is 0.624. The van der Waals surface area contributed by atoms with Gasteiger partial charge in [0.2, 0.25) is 16.2 Å². The molecular formula is C22H25FN6OS. The van der Waals surface area contributed by atoms with E-state index in [1.807, 2.05) is 34.0 Å². The molecule has 2 aliphatic rings. The van der Waals surface area contributed by atoms with Gasteiger partial charge in [-0.1, -0.05) is 11.3 Å². The van der Waals surface area contributed by atoms with E-state index in [4.69, 9.17) is 0 Å². The molecule has 9 heteroatoms. The maximum absolute atomic E-state index is 13.2. The van der Waals surface area contributed by atoms with E-state index < -0.39 is 0 Å². The van der Waals surface area contributed by atoms with Crippen LogP contribution in [0.25, 0.3) is 5.13 Å². The third-order valence-electron chi connectivity index (χ3n) is 6.05. The normalized spacial score (nSPS) is 19.6. The van der Waals surface area contributed by atoms with Crippen LogP contribution in [0.5, 0.6) is 0 Å². The molecule has 0 aliphatic carbocycles. The zero-order valence-corrected chi connectivity index (χ0v) is 18.0. The van der Waals surface area contributed by atoms with Crippen LogP contribution in [0.4, 0.5) is 15.2 Å². The van der Waals surface area contributed by atoms with Gasteiger partial charge in [0.25, 0.3) is 0 Å². The van der Waals surface area contributed by atoms with Crippen LogP contribution in [-0.4, -0.2) is 64.8 Å². The summed E-state index contributed by atoms with van der Waals surface area (Å²) in [5.41, 5.74) is 1.01. The third kappa shape index (κ3) is 4.27. The van der Waals surface area contributed by atoms with E-state index in [0.29, 0.717) is 19.6 Å². The second kappa shape index (κ2) is 8.66. The Balaban J connectivity index is 1.19. The highest BCUT2D eigenvalue weighted by Crippen LogP contribution is 2.29. The number of nitrogens with zero attached hydrogens (tertiary/aromatic N) is 6. The minimum absolute atomic E-state index is 0.00921. The van der Waals surface area contributed by atoms with Crippen LogP contribution >= 0.6 is 11.3 Å². The van der Waals surface area contributed by atoms with Crippen LogP contribution in [0.15, 0.2) is 48.8 Å². The number of carbonyl (C=O) groups excluding carboxylic acids is 1. The Bertz CT molecular complexity index is 1010. The Morgan fingerprint density at radius 3 is 2.39 bits per heavy atom. The summed E-state index contributed by atoms with van der Waals surface area (Å²) in [7, 11) is 0. The topological polar surface area (TPSA) is 57.5 Å². The predicted molar refractivity (Wildman–Crippen MR) is 119 cm³/mol. The van der Waals surface area contributed by atoms with Crippen molar-refractivity contribution in [1.29, 1.82) is 0 Å². The van der Waals surface area contributed by atoms with Crippen LogP contribution in [0, 0.1) is 11.7 Å². The van der Waals surface area contributed by atoms with Gasteiger partial charge >= 0.3 is 0 Å². The number of piperidine rings is 1. The van der Waals surface area contributed by atoms with Gasteiger partial charge in [-0.2, -0.15) is 0 Å². The van der Waals surface area contributed by atoms with Crippen LogP contribution in [-0.2, 0) is 4.79 Å². The van der Waals surface area contributed by atoms with Gasteiger partial charge in [0.05, 0.1) is 5.92 Å². The third-order valence-corrected chi connectivity index (χ3v) is 7.05. The highest BCUT2D eigenvalue weighted by molar-refractivity contribution is 7.17. The Labute approximate surface area is 184 Å². The van der Waals surface area contributed by atoms with Crippen molar-refractivity contribution in [1.82, 2.24) is 19.7 Å². The number of hydrogen-bond donors (Lipinski definition) is 0. The minimum atomic E-state index is -0.227. The maximum atomic E-state index is 13.2. The first-order chi connectivity index (χ1) is 15.2. The summed E-state index contributed by atoms with van der Waals surface area (Å²) >= 11 is 1.55. The molecule has 4 heterocycles. The van der Waals surface area contributed by atoms with Gasteiger partial charge < -0.3 is 14.7 Å². The van der Waals surface area contributed by atoms with Gasteiger partial charge in [0.1, 0.15) is 5.82 Å². The molecule has 7 nitrogen and oxygen atoms in total. The molecule has 0 saturated carbocycles. The molecule has 0 radical (unpaired) electrons. The average molecular weight is 441 g/mol. The van der Waals surface area contributed by atoms with Crippen LogP contribution in [0.3, 0.4) is 0 Å². The molecule has 5 rings (SSSR count). The van der Waals surface area contributed by atoms with E-state index >= 15 is 0 Å². The maximum Gasteiger partial charge on any atom is 0.227 e. The summed E-state index contributed by atoms with van der Waals surface area (Å²) in [5, 5.41) is 10.4. The lowest BCUT2D eigenvalue weighted by atomic mass is 9.96. The first-order valence-corrected chi connectivity index (χ1v) is 11.5. The minimum Gasteiger partial charge on any atom is -0.368 e. The van der Waals surface area contributed by atoms with Crippen LogP contribution in [0.2, 0.25) is 0 Å². The van der Waals surface area contributed by atoms with Crippen molar-refractivity contribution in [2.75, 3.05) is 49.1 Å². The molecule has 2 fully saturated rings. The number of benzene rings is 1. The zero-order valence-electron chi connectivity index (χ0n) is 17.2. The molecule has 31 heavy (non-hydrogen) atoms. The summed E-state index contributed by atoms with van der Waals surface area (Å²) in [4.78, 5) is 19.6. The molecule has 0 spiro atoms. The highest BCUT2D eigenvalue weighted by atomic mass is 32.1. The number of rotatable bonds is 4. The first kappa shape index (κ1) is 20.0. The van der Waals surface area contributed by atoms with Crippen molar-refractivity contribution >= 4 is 28.1 Å². The SMILES string of the molecule is O=C([C@@H]1CCCN(c2nnc(-n3cccc3)s2)C1)N1CCN(c2ccc(F)cc2)CC1. The van der Waals surface area contributed by atoms with E-state index in [0.717, 1.165) is 48.4 Å². The molecule has 1 atom stereocenters. The van der Waals surface area contributed by atoms with Crippen molar-refractivity contribution in [2.45, 2.75) is 12.8 Å². The van der Waals surface area contributed by atoms with Gasteiger partial charge in [0, 0.05) is 57.3 Å². The summed E-state index contributed by atoms with van der Waals surface area (Å²) in [5.74, 6) is -0.000943. The van der Waals surface area contributed by atoms with Crippen LogP contribution < -0.4 is 9.80 Å². The van der Waals surface area contributed by atoms with Gasteiger partial charge in [-0.3, -0.25) is 9.36 Å². The standard InChI is InChI=1S/C22H25FN6OS/c23-18-5-7-19(8-6-18)26-12-14-27(15-13-26)20(30)17-4-3-11-29(16-17)22-25-24-21(31-22)28-9-1-2-10-28/h1-2,5-10,17H,3-4,11-16H2/t17-/m1/s1. The lowest BCUT2D eigenvalue weighted by Crippen LogP contribution is -2.52. The molecule has 0 bridgehead atoms. The number of amides is 1. The van der Waals surface area contributed by atoms with Gasteiger partial charge in [-0.05, 0) is 49.2 Å². The monoisotopic (exact) mass is 440 g/mol. The number of hydrogen-bond acceptors (Lipinski definition) is 6. The van der Waals surface area contributed by atoms with Gasteiger partial charge in [0.15, 0.2) is 0 Å². The molecule has 0 N–H and O–H groups in total. The smallest absolute Gasteiger partial charge is 0.227 e. The van der Waals surface area contributed by atoms with E-state index in [9.17, 15) is 9.18 Å². The molecule has 162 valence electrons. The zero-order chi connectivity index (χ0) is 21.2. The molecule has 1 amide bonds. The van der Waals surface area contributed by atoms with Crippen LogP contribution in [0.1, 0.15) is 12.8 Å². The molecule has 2 aliphatic heterocycles. The Morgan fingerprint density at radius 1 is 0.935 bits per heavy atom. The van der Waals surface area contributed by atoms with Crippen molar-refractivity contribution in [3.8, 4) is 5.13 Å². The Hall–Kier alpha value is -2.94. The fraction of sp³-hybridized carbons (Fsp3) is 0.409. The van der Waals surface area contributed by atoms with E-state index in [1.165, 1.54) is 12.1 Å². The molecule has 3 aromatic rings.